The van der Waals surface area contributed by atoms with Crippen LogP contribution < -0.4 is 5.32 Å². The van der Waals surface area contributed by atoms with E-state index in [0.717, 1.165) is 37.0 Å². The van der Waals surface area contributed by atoms with E-state index in [2.05, 4.69) is 27.3 Å². The zero-order valence-corrected chi connectivity index (χ0v) is 17.2. The van der Waals surface area contributed by atoms with Crippen LogP contribution in [0.25, 0.3) is 0 Å². The molecule has 0 radical (unpaired) electrons. The Hall–Kier alpha value is -2.18. The van der Waals surface area contributed by atoms with Gasteiger partial charge >= 0.3 is 0 Å². The van der Waals surface area contributed by atoms with Crippen molar-refractivity contribution in [3.63, 3.8) is 0 Å². The largest absolute Gasteiger partial charge is 0.376 e. The summed E-state index contributed by atoms with van der Waals surface area (Å²) in [5, 5.41) is 3.36. The average Bonchev–Trinajstić information content (AvgIpc) is 3.21. The molecule has 6 heteroatoms. The van der Waals surface area contributed by atoms with Crippen LogP contribution in [0, 0.1) is 5.92 Å². The number of benzene rings is 2. The fourth-order valence-electron chi connectivity index (χ4n) is 3.36. The summed E-state index contributed by atoms with van der Waals surface area (Å²) in [4.78, 5) is 7.53. The van der Waals surface area contributed by atoms with Crippen LogP contribution in [0.3, 0.4) is 0 Å². The molecule has 0 amide bonds. The molecule has 0 aromatic heterocycles. The Balaban J connectivity index is 1.37. The minimum absolute atomic E-state index is 0.515. The van der Waals surface area contributed by atoms with E-state index in [-0.39, 0.29) is 0 Å². The fourth-order valence-corrected chi connectivity index (χ4v) is 4.34. The van der Waals surface area contributed by atoms with Gasteiger partial charge in [0.2, 0.25) is 0 Å². The molecule has 2 aromatic rings. The third-order valence-corrected chi connectivity index (χ3v) is 6.21. The first-order valence-electron chi connectivity index (χ1n) is 9.77. The Morgan fingerprint density at radius 1 is 1.18 bits per heavy atom. The van der Waals surface area contributed by atoms with Gasteiger partial charge in [-0.3, -0.25) is 9.20 Å². The summed E-state index contributed by atoms with van der Waals surface area (Å²) >= 11 is 0. The Labute approximate surface area is 170 Å². The first-order chi connectivity index (χ1) is 13.8. The molecule has 1 fully saturated rings. The van der Waals surface area contributed by atoms with Crippen LogP contribution in [-0.4, -0.2) is 54.1 Å². The third kappa shape index (κ3) is 6.17. The van der Waals surface area contributed by atoms with Crippen molar-refractivity contribution in [1.82, 2.24) is 10.2 Å². The normalized spacial score (nSPS) is 18.2. The lowest BCUT2D eigenvalue weighted by Crippen LogP contribution is -2.41. The highest BCUT2D eigenvalue weighted by atomic mass is 32.2. The molecular weight excluding hydrogens is 370 g/mol. The summed E-state index contributed by atoms with van der Waals surface area (Å²) in [6, 6.07) is 19.9. The maximum atomic E-state index is 12.3. The second kappa shape index (κ2) is 11.0. The number of nitrogens with one attached hydrogen (secondary N) is 1. The molecule has 0 saturated carbocycles. The SMILES string of the molecule is CN=C(NCCS(=O)c1ccccc1)N1CCC(COCc2ccccc2)C1. The number of guanidine groups is 1. The van der Waals surface area contributed by atoms with Gasteiger partial charge in [-0.05, 0) is 24.1 Å². The standard InChI is InChI=1S/C22H29N3O2S/c1-23-22(24-13-15-28(26)21-10-6-3-7-11-21)25-14-12-20(16-25)18-27-17-19-8-4-2-5-9-19/h2-11,20H,12-18H2,1H3,(H,23,24). The predicted molar refractivity (Wildman–Crippen MR) is 115 cm³/mol. The molecule has 1 heterocycles. The van der Waals surface area contributed by atoms with Crippen LogP contribution in [-0.2, 0) is 22.1 Å². The van der Waals surface area contributed by atoms with Crippen molar-refractivity contribution in [2.24, 2.45) is 10.9 Å². The van der Waals surface area contributed by atoms with Crippen molar-refractivity contribution in [3.05, 3.63) is 66.2 Å². The highest BCUT2D eigenvalue weighted by Gasteiger charge is 2.25. The van der Waals surface area contributed by atoms with E-state index in [1.165, 1.54) is 5.56 Å². The van der Waals surface area contributed by atoms with E-state index in [9.17, 15) is 4.21 Å². The number of hydrogen-bond acceptors (Lipinski definition) is 3. The molecule has 1 aliphatic rings. The summed E-state index contributed by atoms with van der Waals surface area (Å²) in [5.74, 6) is 1.97. The van der Waals surface area contributed by atoms with Gasteiger partial charge in [0.05, 0.1) is 24.0 Å². The van der Waals surface area contributed by atoms with Crippen molar-refractivity contribution in [2.75, 3.05) is 39.0 Å². The maximum Gasteiger partial charge on any atom is 0.193 e. The number of nitrogens with zero attached hydrogens (tertiary/aromatic N) is 2. The Morgan fingerprint density at radius 3 is 2.61 bits per heavy atom. The van der Waals surface area contributed by atoms with Crippen molar-refractivity contribution < 1.29 is 8.95 Å². The molecule has 5 nitrogen and oxygen atoms in total. The van der Waals surface area contributed by atoms with Crippen molar-refractivity contribution in [3.8, 4) is 0 Å². The van der Waals surface area contributed by atoms with E-state index in [1.54, 1.807) is 7.05 Å². The topological polar surface area (TPSA) is 53.9 Å². The van der Waals surface area contributed by atoms with Gasteiger partial charge in [-0.25, -0.2) is 0 Å². The maximum absolute atomic E-state index is 12.3. The molecule has 150 valence electrons. The van der Waals surface area contributed by atoms with E-state index in [0.29, 0.717) is 24.8 Å². The quantitative estimate of drug-likeness (QED) is 0.548. The second-order valence-electron chi connectivity index (χ2n) is 6.94. The fraction of sp³-hybridized carbons (Fsp3) is 0.409. The average molecular weight is 400 g/mol. The Kier molecular flexibility index (Phi) is 8.06. The van der Waals surface area contributed by atoms with Gasteiger partial charge < -0.3 is 15.0 Å². The van der Waals surface area contributed by atoms with Crippen molar-refractivity contribution >= 4 is 16.8 Å². The molecule has 1 N–H and O–H groups in total. The Bertz CT molecular complexity index is 768. The number of rotatable bonds is 8. The number of aliphatic imine (C=N–C) groups is 1. The molecular formula is C22H29N3O2S. The monoisotopic (exact) mass is 399 g/mol. The summed E-state index contributed by atoms with van der Waals surface area (Å²) in [6.45, 7) is 3.98. The van der Waals surface area contributed by atoms with Crippen LogP contribution in [0.1, 0.15) is 12.0 Å². The molecule has 0 spiro atoms. The van der Waals surface area contributed by atoms with E-state index in [1.807, 2.05) is 48.5 Å². The molecule has 28 heavy (non-hydrogen) atoms. The zero-order valence-electron chi connectivity index (χ0n) is 16.4. The molecule has 3 rings (SSSR count). The number of hydrogen-bond donors (Lipinski definition) is 1. The molecule has 0 bridgehead atoms. The first kappa shape index (κ1) is 20.6. The summed E-state index contributed by atoms with van der Waals surface area (Å²) in [7, 11) is 0.812. The highest BCUT2D eigenvalue weighted by molar-refractivity contribution is 7.85. The Morgan fingerprint density at radius 2 is 1.89 bits per heavy atom. The van der Waals surface area contributed by atoms with Gasteiger partial charge in [-0.1, -0.05) is 48.5 Å². The van der Waals surface area contributed by atoms with Crippen molar-refractivity contribution in [1.29, 1.82) is 0 Å². The van der Waals surface area contributed by atoms with Crippen LogP contribution in [0.4, 0.5) is 0 Å². The van der Waals surface area contributed by atoms with Crippen LogP contribution in [0.2, 0.25) is 0 Å². The second-order valence-corrected chi connectivity index (χ2v) is 8.51. The van der Waals surface area contributed by atoms with Gasteiger partial charge in [0.1, 0.15) is 0 Å². The van der Waals surface area contributed by atoms with Gasteiger partial charge in [0, 0.05) is 43.2 Å². The summed E-state index contributed by atoms with van der Waals surface area (Å²) in [5.41, 5.74) is 1.21. The molecule has 2 aromatic carbocycles. The number of likely N-dealkylation sites (tertiary alicyclic amines) is 1. The van der Waals surface area contributed by atoms with E-state index < -0.39 is 10.8 Å². The van der Waals surface area contributed by atoms with Crippen LogP contribution in [0.15, 0.2) is 70.6 Å². The molecule has 2 unspecified atom stereocenters. The molecule has 2 atom stereocenters. The van der Waals surface area contributed by atoms with E-state index in [4.69, 9.17) is 4.74 Å². The van der Waals surface area contributed by atoms with Gasteiger partial charge in [0.25, 0.3) is 0 Å². The van der Waals surface area contributed by atoms with E-state index >= 15 is 0 Å². The zero-order chi connectivity index (χ0) is 19.6. The first-order valence-corrected chi connectivity index (χ1v) is 11.1. The highest BCUT2D eigenvalue weighted by Crippen LogP contribution is 2.17. The van der Waals surface area contributed by atoms with Gasteiger partial charge in [-0.2, -0.15) is 0 Å². The summed E-state index contributed by atoms with van der Waals surface area (Å²) < 4.78 is 18.2. The number of ether oxygens (including phenoxy) is 1. The molecule has 0 aliphatic carbocycles. The van der Waals surface area contributed by atoms with Crippen molar-refractivity contribution in [2.45, 2.75) is 17.9 Å². The lowest BCUT2D eigenvalue weighted by Gasteiger charge is -2.21. The lowest BCUT2D eigenvalue weighted by atomic mass is 10.1. The minimum Gasteiger partial charge on any atom is -0.376 e. The molecule has 1 aliphatic heterocycles. The predicted octanol–water partition coefficient (Wildman–Crippen LogP) is 2.91. The smallest absolute Gasteiger partial charge is 0.193 e. The third-order valence-electron chi connectivity index (χ3n) is 4.84. The van der Waals surface area contributed by atoms with Crippen LogP contribution in [0.5, 0.6) is 0 Å². The van der Waals surface area contributed by atoms with Gasteiger partial charge in [-0.15, -0.1) is 0 Å². The lowest BCUT2D eigenvalue weighted by molar-refractivity contribution is 0.0907. The van der Waals surface area contributed by atoms with Gasteiger partial charge in [0.15, 0.2) is 5.96 Å². The summed E-state index contributed by atoms with van der Waals surface area (Å²) in [6.07, 6.45) is 1.10. The minimum atomic E-state index is -0.989. The molecule has 1 saturated heterocycles. The van der Waals surface area contributed by atoms with Crippen LogP contribution >= 0.6 is 0 Å².